The number of aryl methyl sites for hydroxylation is 1. The van der Waals surface area contributed by atoms with Crippen LogP contribution in [0.15, 0.2) is 53.4 Å². The SMILES string of the molecule is Cc1ccc(O[C@@H](C)C(=O)NCCOc2ccc(S(=O)(=O)N(C)C)cc2)cc1. The third kappa shape index (κ3) is 5.97. The number of nitrogens with zero attached hydrogens (tertiary/aromatic N) is 1. The smallest absolute Gasteiger partial charge is 0.260 e. The van der Waals surface area contributed by atoms with Gasteiger partial charge in [-0.3, -0.25) is 4.79 Å². The largest absolute Gasteiger partial charge is 0.492 e. The number of carbonyl (C=O) groups is 1. The van der Waals surface area contributed by atoms with Crippen molar-refractivity contribution in [2.24, 2.45) is 0 Å². The maximum Gasteiger partial charge on any atom is 0.260 e. The molecule has 2 rings (SSSR count). The summed E-state index contributed by atoms with van der Waals surface area (Å²) in [6, 6.07) is 13.6. The number of carbonyl (C=O) groups excluding carboxylic acids is 1. The van der Waals surface area contributed by atoms with E-state index in [1.807, 2.05) is 31.2 Å². The van der Waals surface area contributed by atoms with Crippen LogP contribution in [0, 0.1) is 6.92 Å². The standard InChI is InChI=1S/C20H26N2O5S/c1-15-5-7-18(8-6-15)27-16(2)20(23)21-13-14-26-17-9-11-19(12-10-17)28(24,25)22(3)4/h5-12,16H,13-14H2,1-4H3,(H,21,23)/t16-/m0/s1. The van der Waals surface area contributed by atoms with E-state index in [4.69, 9.17) is 9.47 Å². The van der Waals surface area contributed by atoms with Gasteiger partial charge in [-0.05, 0) is 50.2 Å². The van der Waals surface area contributed by atoms with Crippen molar-refractivity contribution < 1.29 is 22.7 Å². The number of rotatable bonds is 9. The van der Waals surface area contributed by atoms with Crippen LogP contribution in [0.3, 0.4) is 0 Å². The summed E-state index contributed by atoms with van der Waals surface area (Å²) in [6.07, 6.45) is -0.627. The molecule has 2 aromatic rings. The van der Waals surface area contributed by atoms with Gasteiger partial charge in [-0.15, -0.1) is 0 Å². The Morgan fingerprint density at radius 1 is 1.04 bits per heavy atom. The molecule has 0 aliphatic heterocycles. The molecule has 0 radical (unpaired) electrons. The van der Waals surface area contributed by atoms with E-state index in [1.165, 1.54) is 26.2 Å². The molecule has 0 spiro atoms. The fourth-order valence-electron chi connectivity index (χ4n) is 2.28. The zero-order valence-corrected chi connectivity index (χ0v) is 17.3. The number of benzene rings is 2. The average Bonchev–Trinajstić information content (AvgIpc) is 2.67. The maximum absolute atomic E-state index is 12.1. The lowest BCUT2D eigenvalue weighted by molar-refractivity contribution is -0.127. The fourth-order valence-corrected chi connectivity index (χ4v) is 3.18. The summed E-state index contributed by atoms with van der Waals surface area (Å²) in [6.45, 7) is 4.22. The van der Waals surface area contributed by atoms with Crippen molar-refractivity contribution in [2.75, 3.05) is 27.2 Å². The zero-order chi connectivity index (χ0) is 20.7. The molecule has 0 unspecified atom stereocenters. The van der Waals surface area contributed by atoms with Gasteiger partial charge < -0.3 is 14.8 Å². The van der Waals surface area contributed by atoms with E-state index < -0.39 is 16.1 Å². The molecule has 1 N–H and O–H groups in total. The molecule has 0 aliphatic rings. The van der Waals surface area contributed by atoms with Crippen LogP contribution in [-0.2, 0) is 14.8 Å². The van der Waals surface area contributed by atoms with Crippen LogP contribution in [0.25, 0.3) is 0 Å². The van der Waals surface area contributed by atoms with Gasteiger partial charge in [0.15, 0.2) is 6.10 Å². The first kappa shape index (κ1) is 21.7. The summed E-state index contributed by atoms with van der Waals surface area (Å²) in [5, 5.41) is 2.74. The Hall–Kier alpha value is -2.58. The lowest BCUT2D eigenvalue weighted by Crippen LogP contribution is -2.38. The summed E-state index contributed by atoms with van der Waals surface area (Å²) in [5.41, 5.74) is 1.12. The van der Waals surface area contributed by atoms with Gasteiger partial charge in [0.1, 0.15) is 18.1 Å². The topological polar surface area (TPSA) is 84.9 Å². The minimum atomic E-state index is -3.46. The molecule has 0 aromatic heterocycles. The highest BCUT2D eigenvalue weighted by Gasteiger charge is 2.17. The van der Waals surface area contributed by atoms with Crippen LogP contribution in [0.4, 0.5) is 0 Å². The van der Waals surface area contributed by atoms with Gasteiger partial charge in [0.25, 0.3) is 5.91 Å². The Morgan fingerprint density at radius 2 is 1.61 bits per heavy atom. The van der Waals surface area contributed by atoms with Gasteiger partial charge in [-0.25, -0.2) is 12.7 Å². The number of hydrogen-bond donors (Lipinski definition) is 1. The zero-order valence-electron chi connectivity index (χ0n) is 16.5. The lowest BCUT2D eigenvalue weighted by atomic mass is 10.2. The van der Waals surface area contributed by atoms with Gasteiger partial charge in [0.05, 0.1) is 11.4 Å². The molecule has 0 aliphatic carbocycles. The molecule has 1 amide bonds. The Kier molecular flexibility index (Phi) is 7.42. The highest BCUT2D eigenvalue weighted by atomic mass is 32.2. The number of ether oxygens (including phenoxy) is 2. The molecule has 1 atom stereocenters. The predicted octanol–water partition coefficient (Wildman–Crippen LogP) is 2.21. The highest BCUT2D eigenvalue weighted by molar-refractivity contribution is 7.89. The van der Waals surface area contributed by atoms with Crippen LogP contribution < -0.4 is 14.8 Å². The predicted molar refractivity (Wildman–Crippen MR) is 107 cm³/mol. The number of hydrogen-bond acceptors (Lipinski definition) is 5. The van der Waals surface area contributed by atoms with Gasteiger partial charge in [-0.1, -0.05) is 17.7 Å². The summed E-state index contributed by atoms with van der Waals surface area (Å²) in [5.74, 6) is 0.921. The number of amides is 1. The van der Waals surface area contributed by atoms with E-state index in [9.17, 15) is 13.2 Å². The number of sulfonamides is 1. The van der Waals surface area contributed by atoms with Crippen LogP contribution in [0.2, 0.25) is 0 Å². The van der Waals surface area contributed by atoms with Crippen molar-refractivity contribution in [3.05, 3.63) is 54.1 Å². The van der Waals surface area contributed by atoms with E-state index in [1.54, 1.807) is 19.1 Å². The molecule has 7 nitrogen and oxygen atoms in total. The Balaban J connectivity index is 1.76. The molecule has 28 heavy (non-hydrogen) atoms. The van der Waals surface area contributed by atoms with Crippen LogP contribution in [0.5, 0.6) is 11.5 Å². The Morgan fingerprint density at radius 3 is 2.18 bits per heavy atom. The molecule has 0 saturated carbocycles. The monoisotopic (exact) mass is 406 g/mol. The second-order valence-electron chi connectivity index (χ2n) is 6.47. The van der Waals surface area contributed by atoms with Crippen molar-refractivity contribution in [2.45, 2.75) is 24.8 Å². The summed E-state index contributed by atoms with van der Waals surface area (Å²) in [7, 11) is -0.505. The van der Waals surface area contributed by atoms with E-state index in [-0.39, 0.29) is 17.4 Å². The van der Waals surface area contributed by atoms with E-state index in [2.05, 4.69) is 5.32 Å². The molecular formula is C20H26N2O5S. The minimum Gasteiger partial charge on any atom is -0.492 e. The number of nitrogens with one attached hydrogen (secondary N) is 1. The fraction of sp³-hybridized carbons (Fsp3) is 0.350. The molecule has 152 valence electrons. The molecule has 0 heterocycles. The normalized spacial score (nSPS) is 12.5. The molecule has 2 aromatic carbocycles. The van der Waals surface area contributed by atoms with Gasteiger partial charge in [-0.2, -0.15) is 0 Å². The minimum absolute atomic E-state index is 0.195. The molecule has 0 saturated heterocycles. The van der Waals surface area contributed by atoms with Crippen molar-refractivity contribution in [3.8, 4) is 11.5 Å². The van der Waals surface area contributed by atoms with Crippen molar-refractivity contribution >= 4 is 15.9 Å². The van der Waals surface area contributed by atoms with Crippen LogP contribution in [-0.4, -0.2) is 52.0 Å². The summed E-state index contributed by atoms with van der Waals surface area (Å²) < 4.78 is 36.3. The van der Waals surface area contributed by atoms with Gasteiger partial charge >= 0.3 is 0 Å². The van der Waals surface area contributed by atoms with Crippen molar-refractivity contribution in [3.63, 3.8) is 0 Å². The van der Waals surface area contributed by atoms with Crippen LogP contribution >= 0.6 is 0 Å². The first-order chi connectivity index (χ1) is 13.2. The Bertz CT molecular complexity index is 878. The first-order valence-corrected chi connectivity index (χ1v) is 10.3. The molecular weight excluding hydrogens is 380 g/mol. The first-order valence-electron chi connectivity index (χ1n) is 8.86. The molecule has 0 fully saturated rings. The second-order valence-corrected chi connectivity index (χ2v) is 8.62. The van der Waals surface area contributed by atoms with E-state index >= 15 is 0 Å². The molecule has 0 bridgehead atoms. The summed E-state index contributed by atoms with van der Waals surface area (Å²) >= 11 is 0. The second kappa shape index (κ2) is 9.57. The van der Waals surface area contributed by atoms with Crippen LogP contribution in [0.1, 0.15) is 12.5 Å². The quantitative estimate of drug-likeness (QED) is 0.646. The maximum atomic E-state index is 12.1. The van der Waals surface area contributed by atoms with Gasteiger partial charge in [0.2, 0.25) is 10.0 Å². The highest BCUT2D eigenvalue weighted by Crippen LogP contribution is 2.18. The Labute approximate surface area is 166 Å². The van der Waals surface area contributed by atoms with Crippen molar-refractivity contribution in [1.29, 1.82) is 0 Å². The van der Waals surface area contributed by atoms with E-state index in [0.29, 0.717) is 18.0 Å². The third-order valence-corrected chi connectivity index (χ3v) is 5.80. The summed E-state index contributed by atoms with van der Waals surface area (Å²) in [4.78, 5) is 12.3. The van der Waals surface area contributed by atoms with E-state index in [0.717, 1.165) is 9.87 Å². The van der Waals surface area contributed by atoms with Gasteiger partial charge in [0, 0.05) is 14.1 Å². The molecule has 8 heteroatoms. The van der Waals surface area contributed by atoms with Crippen molar-refractivity contribution in [1.82, 2.24) is 9.62 Å². The third-order valence-electron chi connectivity index (χ3n) is 3.98. The lowest BCUT2D eigenvalue weighted by Gasteiger charge is -2.15. The average molecular weight is 407 g/mol.